The highest BCUT2D eigenvalue weighted by Gasteiger charge is 2.70. The average molecular weight is 332 g/mol. The van der Waals surface area contributed by atoms with Crippen LogP contribution in [-0.2, 0) is 28.7 Å². The van der Waals surface area contributed by atoms with Gasteiger partial charge in [0.2, 0.25) is 0 Å². The van der Waals surface area contributed by atoms with Crippen molar-refractivity contribution in [2.45, 2.75) is 37.8 Å². The van der Waals surface area contributed by atoms with Crippen LogP contribution in [0, 0.1) is 0 Å². The molecule has 0 aliphatic rings. The van der Waals surface area contributed by atoms with Gasteiger partial charge in [0.05, 0.1) is 0 Å². The Labute approximate surface area is 120 Å². The summed E-state index contributed by atoms with van der Waals surface area (Å²) in [6.07, 6.45) is 0. The van der Waals surface area contributed by atoms with Gasteiger partial charge in [0.25, 0.3) is 0 Å². The second-order valence-electron chi connectivity index (χ2n) is 4.14. The molecule has 2 atom stereocenters. The molecule has 0 fully saturated rings. The normalized spacial score (nSPS) is 14.7. The van der Waals surface area contributed by atoms with E-state index in [-0.39, 0.29) is 0 Å². The Kier molecular flexibility index (Phi) is 6.15. The van der Waals surface area contributed by atoms with Crippen LogP contribution < -0.4 is 11.5 Å². The smallest absolute Gasteiger partial charge is 0.387 e. The van der Waals surface area contributed by atoms with Crippen LogP contribution in [0.5, 0.6) is 0 Å². The third-order valence-corrected chi connectivity index (χ3v) is 2.04. The van der Waals surface area contributed by atoms with E-state index < -0.39 is 47.8 Å². The number of carbonyl (C=O) groups is 4. The maximum absolute atomic E-state index is 13.3. The van der Waals surface area contributed by atoms with Crippen molar-refractivity contribution in [1.29, 1.82) is 0 Å². The van der Waals surface area contributed by atoms with Crippen LogP contribution in [0.15, 0.2) is 0 Å². The molecule has 0 rings (SSSR count). The van der Waals surface area contributed by atoms with Gasteiger partial charge < -0.3 is 20.9 Å². The number of hydrogen-bond acceptors (Lipinski definition) is 8. The first-order valence-electron chi connectivity index (χ1n) is 5.54. The number of hydrogen-bond donors (Lipinski definition) is 2. The van der Waals surface area contributed by atoms with Crippen molar-refractivity contribution < 1.29 is 46.2 Å². The van der Waals surface area contributed by atoms with Crippen LogP contribution in [0.1, 0.15) is 13.8 Å². The first kappa shape index (κ1) is 19.9. The molecule has 0 unspecified atom stereocenters. The van der Waals surface area contributed by atoms with Gasteiger partial charge in [0.15, 0.2) is 0 Å². The highest BCUT2D eigenvalue weighted by Crippen LogP contribution is 2.36. The van der Waals surface area contributed by atoms with Gasteiger partial charge in [-0.2, -0.15) is 17.6 Å². The zero-order chi connectivity index (χ0) is 17.9. The fraction of sp³-hybridized carbons (Fsp3) is 0.600. The molecule has 12 heteroatoms. The molecule has 0 heterocycles. The molecular formula is C10H12F4N2O6. The van der Waals surface area contributed by atoms with E-state index in [9.17, 15) is 36.7 Å². The molecule has 0 aliphatic heterocycles. The molecule has 0 radical (unpaired) electrons. The molecule has 8 nitrogen and oxygen atoms in total. The van der Waals surface area contributed by atoms with Crippen LogP contribution >= 0.6 is 0 Å². The van der Waals surface area contributed by atoms with E-state index in [0.29, 0.717) is 0 Å². The number of esters is 4. The lowest BCUT2D eigenvalue weighted by Gasteiger charge is -2.22. The number of carbonyl (C=O) groups excluding carboxylic acids is 4. The van der Waals surface area contributed by atoms with E-state index in [0.717, 1.165) is 13.8 Å². The van der Waals surface area contributed by atoms with E-state index in [2.05, 4.69) is 9.47 Å². The van der Waals surface area contributed by atoms with Crippen molar-refractivity contribution in [3.63, 3.8) is 0 Å². The molecule has 0 saturated carbocycles. The van der Waals surface area contributed by atoms with Crippen molar-refractivity contribution >= 4 is 23.9 Å². The molecule has 0 aromatic heterocycles. The molecule has 0 aromatic rings. The van der Waals surface area contributed by atoms with Gasteiger partial charge in [-0.15, -0.1) is 0 Å². The number of nitrogens with two attached hydrogens (primary N) is 2. The summed E-state index contributed by atoms with van der Waals surface area (Å²) in [5, 5.41) is 0. The summed E-state index contributed by atoms with van der Waals surface area (Å²) < 4.78 is 59.9. The molecule has 0 spiro atoms. The lowest BCUT2D eigenvalue weighted by molar-refractivity contribution is -0.236. The number of alkyl halides is 4. The van der Waals surface area contributed by atoms with Crippen molar-refractivity contribution in [2.75, 3.05) is 0 Å². The van der Waals surface area contributed by atoms with Crippen molar-refractivity contribution in [1.82, 2.24) is 0 Å². The van der Waals surface area contributed by atoms with Gasteiger partial charge in [0.1, 0.15) is 12.1 Å². The molecule has 0 saturated heterocycles. The van der Waals surface area contributed by atoms with Crippen LogP contribution in [0.4, 0.5) is 17.6 Å². The van der Waals surface area contributed by atoms with E-state index in [1.54, 1.807) is 0 Å². The van der Waals surface area contributed by atoms with Gasteiger partial charge in [0, 0.05) is 0 Å². The number of ether oxygens (including phenoxy) is 2. The topological polar surface area (TPSA) is 139 Å². The monoisotopic (exact) mass is 332 g/mol. The molecule has 0 amide bonds. The van der Waals surface area contributed by atoms with Crippen molar-refractivity contribution in [3.8, 4) is 0 Å². The minimum atomic E-state index is -5.77. The highest BCUT2D eigenvalue weighted by molar-refractivity contribution is 5.98. The van der Waals surface area contributed by atoms with Crippen LogP contribution in [0.2, 0.25) is 0 Å². The second kappa shape index (κ2) is 6.79. The maximum Gasteiger partial charge on any atom is 0.416 e. The second-order valence-corrected chi connectivity index (χ2v) is 4.14. The summed E-state index contributed by atoms with van der Waals surface area (Å²) in [6, 6.07) is -3.11. The molecule has 22 heavy (non-hydrogen) atoms. The van der Waals surface area contributed by atoms with Crippen LogP contribution in [-0.4, -0.2) is 47.8 Å². The maximum atomic E-state index is 13.3. The predicted octanol–water partition coefficient (Wildman–Crippen LogP) is -0.909. The first-order chi connectivity index (χ1) is 9.75. The Balaban J connectivity index is 5.22. The summed E-state index contributed by atoms with van der Waals surface area (Å²) in [5.41, 5.74) is 9.77. The number of rotatable bonds is 5. The zero-order valence-electron chi connectivity index (χ0n) is 11.3. The van der Waals surface area contributed by atoms with E-state index in [4.69, 9.17) is 11.5 Å². The quantitative estimate of drug-likeness (QED) is 0.375. The van der Waals surface area contributed by atoms with Gasteiger partial charge in [-0.1, -0.05) is 0 Å². The first-order valence-corrected chi connectivity index (χ1v) is 5.54. The minimum absolute atomic E-state index is 0.932. The molecule has 0 bridgehead atoms. The predicted molar refractivity (Wildman–Crippen MR) is 59.4 cm³/mol. The fourth-order valence-electron chi connectivity index (χ4n) is 0.753. The van der Waals surface area contributed by atoms with Crippen molar-refractivity contribution in [3.05, 3.63) is 0 Å². The Bertz CT molecular complexity index is 448. The van der Waals surface area contributed by atoms with E-state index in [1.807, 2.05) is 0 Å². The Morgan fingerprint density at radius 3 is 1.18 bits per heavy atom. The van der Waals surface area contributed by atoms with Crippen LogP contribution in [0.3, 0.4) is 0 Å². The Morgan fingerprint density at radius 2 is 1.00 bits per heavy atom. The summed E-state index contributed by atoms with van der Waals surface area (Å²) in [7, 11) is 0. The number of halogens is 4. The molecule has 0 aliphatic carbocycles. The summed E-state index contributed by atoms with van der Waals surface area (Å²) in [5.74, 6) is -21.0. The SMILES string of the molecule is C[C@H](N)C(=O)OC(=O)C(F)(F)C(F)(F)C(=O)OC(=O)[C@H](C)N. The third kappa shape index (κ3) is 4.21. The standard InChI is InChI=1S/C10H12F4N2O6/c1-3(15)5(17)21-7(19)9(11,12)10(13,14)8(20)22-6(18)4(2)16/h3-4H,15-16H2,1-2H3/t3-,4-/m0/s1. The molecule has 4 N–H and O–H groups in total. The zero-order valence-corrected chi connectivity index (χ0v) is 11.3. The summed E-state index contributed by atoms with van der Waals surface area (Å²) in [6.45, 7) is 1.86. The summed E-state index contributed by atoms with van der Waals surface area (Å²) in [4.78, 5) is 43.5. The lowest BCUT2D eigenvalue weighted by atomic mass is 10.1. The Hall–Kier alpha value is -2.08. The van der Waals surface area contributed by atoms with Gasteiger partial charge >= 0.3 is 35.7 Å². The average Bonchev–Trinajstić information content (AvgIpc) is 2.37. The van der Waals surface area contributed by atoms with Crippen molar-refractivity contribution in [2.24, 2.45) is 11.5 Å². The van der Waals surface area contributed by atoms with E-state index >= 15 is 0 Å². The van der Waals surface area contributed by atoms with Gasteiger partial charge in [-0.25, -0.2) is 19.2 Å². The Morgan fingerprint density at radius 1 is 0.773 bits per heavy atom. The van der Waals surface area contributed by atoms with Gasteiger partial charge in [-0.3, -0.25) is 0 Å². The highest BCUT2D eigenvalue weighted by atomic mass is 19.3. The summed E-state index contributed by atoms with van der Waals surface area (Å²) >= 11 is 0. The van der Waals surface area contributed by atoms with Gasteiger partial charge in [-0.05, 0) is 13.8 Å². The van der Waals surface area contributed by atoms with E-state index in [1.165, 1.54) is 0 Å². The molecule has 126 valence electrons. The fourth-order valence-corrected chi connectivity index (χ4v) is 0.753. The lowest BCUT2D eigenvalue weighted by Crippen LogP contribution is -2.55. The largest absolute Gasteiger partial charge is 0.416 e. The molecule has 0 aromatic carbocycles. The minimum Gasteiger partial charge on any atom is -0.387 e. The third-order valence-electron chi connectivity index (χ3n) is 2.04. The molecular weight excluding hydrogens is 320 g/mol. The van der Waals surface area contributed by atoms with Crippen LogP contribution in [0.25, 0.3) is 0 Å².